The first-order valence-corrected chi connectivity index (χ1v) is 18.2. The lowest BCUT2D eigenvalue weighted by molar-refractivity contribution is -0.662. The lowest BCUT2D eigenvalue weighted by Gasteiger charge is -2.49. The summed E-state index contributed by atoms with van der Waals surface area (Å²) in [7, 11) is 1.24. The minimum atomic E-state index is -1.26. The van der Waals surface area contributed by atoms with Gasteiger partial charge in [0.1, 0.15) is 52.8 Å². The fraction of sp³-hybridized carbons (Fsp3) is 0.344. The van der Waals surface area contributed by atoms with Crippen LogP contribution in [0.5, 0.6) is 0 Å². The first-order chi connectivity index (χ1) is 24.6. The van der Waals surface area contributed by atoms with Gasteiger partial charge >= 0.3 is 11.6 Å². The van der Waals surface area contributed by atoms with Crippen molar-refractivity contribution in [1.82, 2.24) is 29.4 Å². The number of carboxylic acid groups (broad SMARTS) is 1. The summed E-state index contributed by atoms with van der Waals surface area (Å²) in [5, 5.41) is 22.5. The van der Waals surface area contributed by atoms with Gasteiger partial charge in [-0.3, -0.25) is 19.5 Å². The van der Waals surface area contributed by atoms with Gasteiger partial charge in [0.05, 0.1) is 25.0 Å². The summed E-state index contributed by atoms with van der Waals surface area (Å²) >= 11 is 8.45. The average molecular weight is 756 g/mol. The Morgan fingerprint density at radius 3 is 2.76 bits per heavy atom. The Kier molecular flexibility index (Phi) is 9.71. The maximum absolute atomic E-state index is 15.2. The number of piperidine rings is 1. The van der Waals surface area contributed by atoms with Crippen LogP contribution in [0.25, 0.3) is 5.65 Å². The number of nitrogens with two attached hydrogens (primary N) is 1. The molecule has 0 saturated carbocycles. The molecule has 4 N–H and O–H groups in total. The third-order valence-electron chi connectivity index (χ3n) is 8.82. The third kappa shape index (κ3) is 6.77. The number of β-lactam (4-membered cyclic amide) rings is 1. The van der Waals surface area contributed by atoms with E-state index in [1.807, 2.05) is 43.3 Å². The highest BCUT2D eigenvalue weighted by Crippen LogP contribution is 2.41. The van der Waals surface area contributed by atoms with Gasteiger partial charge in [-0.1, -0.05) is 40.2 Å². The molecule has 3 aliphatic rings. The maximum atomic E-state index is 15.2. The number of oxime groups is 1. The molecule has 2 fully saturated rings. The number of carboxylic acids is 1. The molecule has 0 bridgehead atoms. The molecule has 0 unspecified atom stereocenters. The number of nitrogen functional groups attached to an aromatic ring is 1. The fourth-order valence-corrected chi connectivity index (χ4v) is 8.62. The number of anilines is 1. The van der Waals surface area contributed by atoms with Crippen molar-refractivity contribution in [3.05, 3.63) is 81.1 Å². The van der Waals surface area contributed by atoms with Crippen LogP contribution in [-0.4, -0.2) is 96.3 Å². The molecule has 2 atom stereocenters. The SMILES string of the molecule is CO/N=C(\C(=O)N[C@@H]1C(=O)N2C(C(=O)O)=C(Cn3ccc4n3cc[n+]4Cc3ccc(C=NN4CCCCC4)cc3F)CS[C@H]12)c1nc(N)sc1Cl. The molecule has 51 heavy (non-hydrogen) atoms. The van der Waals surface area contributed by atoms with Gasteiger partial charge in [0, 0.05) is 24.4 Å². The van der Waals surface area contributed by atoms with E-state index >= 15 is 4.39 Å². The van der Waals surface area contributed by atoms with Crippen LogP contribution in [0.1, 0.15) is 36.1 Å². The Balaban J connectivity index is 1.05. The highest BCUT2D eigenvalue weighted by molar-refractivity contribution is 8.00. The number of carbonyl (C=O) groups excluding carboxylic acids is 2. The number of aliphatic carboxylic acids is 1. The number of hydrogen-bond acceptors (Lipinski definition) is 11. The van der Waals surface area contributed by atoms with Crippen LogP contribution >= 0.6 is 34.7 Å². The molecule has 7 rings (SSSR count). The molecule has 2 amide bonds. The number of aromatic nitrogens is 4. The number of amides is 2. The molecule has 4 aromatic rings. The molecule has 1 aromatic carbocycles. The van der Waals surface area contributed by atoms with Crippen molar-refractivity contribution in [2.24, 2.45) is 10.3 Å². The van der Waals surface area contributed by atoms with Crippen LogP contribution in [0.15, 0.2) is 64.4 Å². The number of thiazole rings is 1. The van der Waals surface area contributed by atoms with Gasteiger partial charge in [-0.2, -0.15) is 5.10 Å². The van der Waals surface area contributed by atoms with Crippen LogP contribution in [-0.2, 0) is 32.3 Å². The van der Waals surface area contributed by atoms with Crippen LogP contribution in [0.3, 0.4) is 0 Å². The number of thioether (sulfide) groups is 1. The molecular weight excluding hydrogens is 723 g/mol. The quantitative estimate of drug-likeness (QED) is 0.0899. The summed E-state index contributed by atoms with van der Waals surface area (Å²) in [5.74, 6) is -2.66. The van der Waals surface area contributed by atoms with E-state index in [1.54, 1.807) is 18.5 Å². The minimum Gasteiger partial charge on any atom is -0.477 e. The number of fused-ring (bicyclic) bond motifs is 2. The van der Waals surface area contributed by atoms with E-state index in [-0.39, 0.29) is 51.2 Å². The number of benzene rings is 1. The van der Waals surface area contributed by atoms with Crippen LogP contribution in [0.2, 0.25) is 4.34 Å². The lowest BCUT2D eigenvalue weighted by atomic mass is 10.0. The molecule has 266 valence electrons. The van der Waals surface area contributed by atoms with Gasteiger partial charge in [-0.25, -0.2) is 23.4 Å². The topological polar surface area (TPSA) is 176 Å². The Bertz CT molecular complexity index is 2120. The number of rotatable bonds is 11. The van der Waals surface area contributed by atoms with Crippen LogP contribution < -0.4 is 15.6 Å². The first-order valence-electron chi connectivity index (χ1n) is 16.0. The second-order valence-electron chi connectivity index (χ2n) is 12.1. The first kappa shape index (κ1) is 34.5. The van der Waals surface area contributed by atoms with E-state index in [4.69, 9.17) is 22.2 Å². The largest absolute Gasteiger partial charge is 0.477 e. The standard InChI is InChI=1S/C32H32ClFN10O5S2/c1-49-39-24(23-27(33)51-32(35)38-23)28(45)37-25-29(46)44-26(31(47)48)20(17-50-30(25)44)16-42-10-7-22-40(11-12-43(22)42)15-19-6-5-18(13-21(19)34)14-36-41-8-3-2-4-9-41/h5-7,10-14,25,30H,2-4,8-9,15-17H2,1H3,(H3-,35,37,38,45,47,48)/p+1/b36-14?,39-24-/t25-,30-/m1/s1. The Morgan fingerprint density at radius 1 is 1.25 bits per heavy atom. The zero-order chi connectivity index (χ0) is 35.8. The summed E-state index contributed by atoms with van der Waals surface area (Å²) in [4.78, 5) is 49.1. The number of carbonyl (C=O) groups is 3. The van der Waals surface area contributed by atoms with Crippen molar-refractivity contribution in [3.8, 4) is 0 Å². The maximum Gasteiger partial charge on any atom is 0.352 e. The molecule has 3 aliphatic heterocycles. The summed E-state index contributed by atoms with van der Waals surface area (Å²) in [6.45, 7) is 2.29. The van der Waals surface area contributed by atoms with E-state index < -0.39 is 29.2 Å². The monoisotopic (exact) mass is 755 g/mol. The van der Waals surface area contributed by atoms with Gasteiger partial charge in [0.25, 0.3) is 11.8 Å². The zero-order valence-corrected chi connectivity index (χ0v) is 29.6. The lowest BCUT2D eigenvalue weighted by Crippen LogP contribution is -2.71. The van der Waals surface area contributed by atoms with Crippen molar-refractivity contribution >= 4 is 75.2 Å². The van der Waals surface area contributed by atoms with Gasteiger partial charge < -0.3 is 21.0 Å². The molecule has 3 aromatic heterocycles. The molecule has 19 heteroatoms. The highest BCUT2D eigenvalue weighted by Gasteiger charge is 2.54. The fourth-order valence-electron chi connectivity index (χ4n) is 6.36. The third-order valence-corrected chi connectivity index (χ3v) is 11.2. The van der Waals surface area contributed by atoms with E-state index in [2.05, 4.69) is 20.6 Å². The van der Waals surface area contributed by atoms with Crippen molar-refractivity contribution in [3.63, 3.8) is 0 Å². The van der Waals surface area contributed by atoms with Gasteiger partial charge in [0.2, 0.25) is 0 Å². The summed E-state index contributed by atoms with van der Waals surface area (Å²) in [6.07, 6.45) is 10.6. The molecule has 15 nitrogen and oxygen atoms in total. The summed E-state index contributed by atoms with van der Waals surface area (Å²) in [5.41, 5.74) is 7.80. The zero-order valence-electron chi connectivity index (χ0n) is 27.2. The van der Waals surface area contributed by atoms with Crippen molar-refractivity contribution in [2.45, 2.75) is 43.8 Å². The molecule has 2 saturated heterocycles. The number of nitrogens with one attached hydrogen (secondary N) is 1. The Labute approximate surface area is 303 Å². The Morgan fingerprint density at radius 2 is 2.06 bits per heavy atom. The minimum absolute atomic E-state index is 0.00723. The van der Waals surface area contributed by atoms with E-state index in [9.17, 15) is 19.5 Å². The summed E-state index contributed by atoms with van der Waals surface area (Å²) < 4.78 is 20.9. The Hall–Kier alpha value is -4.94. The van der Waals surface area contributed by atoms with Gasteiger partial charge in [0.15, 0.2) is 17.0 Å². The molecular formula is C32H33ClFN10O5S2+. The van der Waals surface area contributed by atoms with E-state index in [0.717, 1.165) is 42.9 Å². The van der Waals surface area contributed by atoms with E-state index in [0.29, 0.717) is 16.7 Å². The number of hydrogen-bond donors (Lipinski definition) is 3. The smallest absolute Gasteiger partial charge is 0.352 e. The second-order valence-corrected chi connectivity index (χ2v) is 14.8. The summed E-state index contributed by atoms with van der Waals surface area (Å²) in [6, 6.07) is 5.94. The molecule has 0 radical (unpaired) electrons. The number of imidazole rings is 1. The molecule has 6 heterocycles. The van der Waals surface area contributed by atoms with Crippen LogP contribution in [0.4, 0.5) is 9.52 Å². The highest BCUT2D eigenvalue weighted by atomic mass is 35.5. The number of nitrogens with zero attached hydrogens (tertiary/aromatic N) is 8. The molecule has 0 spiro atoms. The van der Waals surface area contributed by atoms with Crippen LogP contribution in [0, 0.1) is 5.82 Å². The second kappa shape index (κ2) is 14.4. The van der Waals surface area contributed by atoms with E-state index in [1.165, 1.54) is 36.3 Å². The van der Waals surface area contributed by atoms with Gasteiger partial charge in [-0.15, -0.1) is 16.3 Å². The average Bonchev–Trinajstić information content (AvgIpc) is 3.81. The molecule has 0 aliphatic carbocycles. The normalized spacial score (nSPS) is 19.5. The predicted molar refractivity (Wildman–Crippen MR) is 189 cm³/mol. The van der Waals surface area contributed by atoms with Crippen molar-refractivity contribution in [1.29, 1.82) is 0 Å². The predicted octanol–water partition coefficient (Wildman–Crippen LogP) is 2.52. The number of hydrazone groups is 1. The number of halogens is 2. The van der Waals surface area contributed by atoms with Gasteiger partial charge in [-0.05, 0) is 36.5 Å². The van der Waals surface area contributed by atoms with Crippen molar-refractivity contribution in [2.75, 3.05) is 31.7 Å². The van der Waals surface area contributed by atoms with Crippen molar-refractivity contribution < 1.29 is 33.3 Å².